The van der Waals surface area contributed by atoms with Crippen LogP contribution >= 0.6 is 11.8 Å². The maximum Gasteiger partial charge on any atom is 0.192 e. The quantitative estimate of drug-likeness (QED) is 0.417. The van der Waals surface area contributed by atoms with Gasteiger partial charge in [-0.05, 0) is 23.3 Å². The fraction of sp³-hybridized carbons (Fsp3) is 0.130. The standard InChI is InChI=1S/C23H21N3OS/c1-26-22(19-14-9-15-20(16-19)27-2)24-25-23(26)28-21(17-10-5-3-6-11-17)18-12-7-4-8-13-18/h3-16,21H,1-2H3. The topological polar surface area (TPSA) is 39.9 Å². The van der Waals surface area contributed by atoms with Gasteiger partial charge in [0, 0.05) is 12.6 Å². The van der Waals surface area contributed by atoms with Crippen LogP contribution in [0.25, 0.3) is 11.4 Å². The summed E-state index contributed by atoms with van der Waals surface area (Å²) in [6, 6.07) is 28.9. The zero-order chi connectivity index (χ0) is 19.3. The molecule has 0 aliphatic heterocycles. The average Bonchev–Trinajstić information content (AvgIpc) is 3.13. The maximum atomic E-state index is 5.34. The van der Waals surface area contributed by atoms with E-state index in [1.807, 2.05) is 48.0 Å². The molecule has 28 heavy (non-hydrogen) atoms. The summed E-state index contributed by atoms with van der Waals surface area (Å²) in [7, 11) is 3.67. The highest BCUT2D eigenvalue weighted by atomic mass is 32.2. The average molecular weight is 388 g/mol. The number of nitrogens with zero attached hydrogens (tertiary/aromatic N) is 3. The summed E-state index contributed by atoms with van der Waals surface area (Å²) in [6.45, 7) is 0. The molecule has 140 valence electrons. The SMILES string of the molecule is COc1cccc(-c2nnc(SC(c3ccccc3)c3ccccc3)n2C)c1. The first-order valence-electron chi connectivity index (χ1n) is 9.06. The predicted octanol–water partition coefficient (Wildman–Crippen LogP) is 5.37. The van der Waals surface area contributed by atoms with Crippen LogP contribution in [0.4, 0.5) is 0 Å². The van der Waals surface area contributed by atoms with Crippen molar-refractivity contribution in [1.82, 2.24) is 14.8 Å². The van der Waals surface area contributed by atoms with Crippen molar-refractivity contribution in [3.05, 3.63) is 96.1 Å². The Morgan fingerprint density at radius 2 is 1.46 bits per heavy atom. The van der Waals surface area contributed by atoms with E-state index in [1.54, 1.807) is 18.9 Å². The Morgan fingerprint density at radius 1 is 0.821 bits per heavy atom. The number of thioether (sulfide) groups is 1. The summed E-state index contributed by atoms with van der Waals surface area (Å²) >= 11 is 1.71. The molecule has 0 fully saturated rings. The molecular formula is C23H21N3OS. The van der Waals surface area contributed by atoms with Gasteiger partial charge in [-0.25, -0.2) is 0 Å². The number of hydrogen-bond acceptors (Lipinski definition) is 4. The van der Waals surface area contributed by atoms with E-state index in [0.717, 1.165) is 22.3 Å². The first-order valence-corrected chi connectivity index (χ1v) is 9.94. The first-order chi connectivity index (χ1) is 13.8. The van der Waals surface area contributed by atoms with Crippen molar-refractivity contribution < 1.29 is 4.74 Å². The second-order valence-electron chi connectivity index (χ2n) is 6.42. The highest BCUT2D eigenvalue weighted by Gasteiger charge is 2.20. The second-order valence-corrected chi connectivity index (χ2v) is 7.49. The van der Waals surface area contributed by atoms with Gasteiger partial charge in [-0.1, -0.05) is 84.6 Å². The molecule has 0 bridgehead atoms. The van der Waals surface area contributed by atoms with Gasteiger partial charge in [0.2, 0.25) is 0 Å². The van der Waals surface area contributed by atoms with Gasteiger partial charge in [-0.3, -0.25) is 0 Å². The van der Waals surface area contributed by atoms with E-state index in [0.29, 0.717) is 0 Å². The van der Waals surface area contributed by atoms with Gasteiger partial charge in [-0.15, -0.1) is 10.2 Å². The fourth-order valence-electron chi connectivity index (χ4n) is 3.12. The van der Waals surface area contributed by atoms with Crippen LogP contribution in [-0.4, -0.2) is 21.9 Å². The van der Waals surface area contributed by atoms with E-state index in [-0.39, 0.29) is 5.25 Å². The summed E-state index contributed by atoms with van der Waals surface area (Å²) in [4.78, 5) is 0. The van der Waals surface area contributed by atoms with Crippen LogP contribution in [0.15, 0.2) is 90.1 Å². The number of ether oxygens (including phenoxy) is 1. The van der Waals surface area contributed by atoms with Crippen molar-refractivity contribution in [2.75, 3.05) is 7.11 Å². The number of rotatable bonds is 6. The van der Waals surface area contributed by atoms with Gasteiger partial charge in [0.15, 0.2) is 11.0 Å². The van der Waals surface area contributed by atoms with E-state index in [1.165, 1.54) is 11.1 Å². The van der Waals surface area contributed by atoms with Crippen LogP contribution in [0.5, 0.6) is 5.75 Å². The fourth-order valence-corrected chi connectivity index (χ4v) is 4.25. The number of methoxy groups -OCH3 is 1. The van der Waals surface area contributed by atoms with Gasteiger partial charge in [0.05, 0.1) is 12.4 Å². The summed E-state index contributed by atoms with van der Waals surface area (Å²) in [6.07, 6.45) is 0. The van der Waals surface area contributed by atoms with Crippen LogP contribution in [-0.2, 0) is 7.05 Å². The Hall–Kier alpha value is -3.05. The third-order valence-corrected chi connectivity index (χ3v) is 5.94. The molecular weight excluding hydrogens is 366 g/mol. The summed E-state index contributed by atoms with van der Waals surface area (Å²) in [5.74, 6) is 1.63. The molecule has 1 heterocycles. The van der Waals surface area contributed by atoms with Crippen LogP contribution in [0, 0.1) is 0 Å². The lowest BCUT2D eigenvalue weighted by molar-refractivity contribution is 0.415. The normalized spacial score (nSPS) is 11.0. The lowest BCUT2D eigenvalue weighted by Gasteiger charge is -2.17. The molecule has 0 atom stereocenters. The highest BCUT2D eigenvalue weighted by Crippen LogP contribution is 2.40. The van der Waals surface area contributed by atoms with Crippen LogP contribution < -0.4 is 4.74 Å². The van der Waals surface area contributed by atoms with Gasteiger partial charge in [0.1, 0.15) is 5.75 Å². The molecule has 0 saturated heterocycles. The molecule has 4 aromatic rings. The van der Waals surface area contributed by atoms with E-state index in [2.05, 4.69) is 58.7 Å². The Bertz CT molecular complexity index is 1010. The minimum absolute atomic E-state index is 0.142. The lowest BCUT2D eigenvalue weighted by atomic mass is 10.0. The molecule has 0 saturated carbocycles. The van der Waals surface area contributed by atoms with Crippen molar-refractivity contribution >= 4 is 11.8 Å². The maximum absolute atomic E-state index is 5.34. The monoisotopic (exact) mass is 387 g/mol. The summed E-state index contributed by atoms with van der Waals surface area (Å²) in [5.41, 5.74) is 3.46. The van der Waals surface area contributed by atoms with Gasteiger partial charge >= 0.3 is 0 Å². The minimum atomic E-state index is 0.142. The Balaban J connectivity index is 1.69. The smallest absolute Gasteiger partial charge is 0.192 e. The molecule has 0 aliphatic carbocycles. The molecule has 0 spiro atoms. The first kappa shape index (κ1) is 18.3. The van der Waals surface area contributed by atoms with Crippen molar-refractivity contribution in [2.45, 2.75) is 10.4 Å². The molecule has 5 heteroatoms. The van der Waals surface area contributed by atoms with Crippen LogP contribution in [0.3, 0.4) is 0 Å². The number of aromatic nitrogens is 3. The molecule has 4 nitrogen and oxygen atoms in total. The highest BCUT2D eigenvalue weighted by molar-refractivity contribution is 7.99. The van der Waals surface area contributed by atoms with Crippen molar-refractivity contribution in [3.8, 4) is 17.1 Å². The zero-order valence-electron chi connectivity index (χ0n) is 15.8. The number of benzene rings is 3. The Labute approximate surface area is 169 Å². The third kappa shape index (κ3) is 3.80. The Kier molecular flexibility index (Phi) is 5.44. The molecule has 0 N–H and O–H groups in total. The molecule has 1 aromatic heterocycles. The van der Waals surface area contributed by atoms with E-state index >= 15 is 0 Å². The lowest BCUT2D eigenvalue weighted by Crippen LogP contribution is -2.00. The van der Waals surface area contributed by atoms with E-state index in [9.17, 15) is 0 Å². The second kappa shape index (κ2) is 8.31. The van der Waals surface area contributed by atoms with Crippen molar-refractivity contribution in [3.63, 3.8) is 0 Å². The van der Waals surface area contributed by atoms with Gasteiger partial charge < -0.3 is 9.30 Å². The molecule has 3 aromatic carbocycles. The summed E-state index contributed by atoms with van der Waals surface area (Å²) in [5, 5.41) is 9.92. The van der Waals surface area contributed by atoms with Crippen molar-refractivity contribution in [2.24, 2.45) is 7.05 Å². The van der Waals surface area contributed by atoms with E-state index < -0.39 is 0 Å². The van der Waals surface area contributed by atoms with E-state index in [4.69, 9.17) is 4.74 Å². The van der Waals surface area contributed by atoms with Crippen LogP contribution in [0.1, 0.15) is 16.4 Å². The minimum Gasteiger partial charge on any atom is -0.497 e. The molecule has 0 amide bonds. The van der Waals surface area contributed by atoms with Crippen LogP contribution in [0.2, 0.25) is 0 Å². The zero-order valence-corrected chi connectivity index (χ0v) is 16.6. The molecule has 4 rings (SSSR count). The van der Waals surface area contributed by atoms with Crippen molar-refractivity contribution in [1.29, 1.82) is 0 Å². The third-order valence-electron chi connectivity index (χ3n) is 4.59. The molecule has 0 aliphatic rings. The largest absolute Gasteiger partial charge is 0.497 e. The molecule has 0 radical (unpaired) electrons. The predicted molar refractivity (Wildman–Crippen MR) is 114 cm³/mol. The summed E-state index contributed by atoms with van der Waals surface area (Å²) < 4.78 is 7.38. The van der Waals surface area contributed by atoms with Gasteiger partial charge in [0.25, 0.3) is 0 Å². The Morgan fingerprint density at radius 3 is 2.07 bits per heavy atom. The van der Waals surface area contributed by atoms with Gasteiger partial charge in [-0.2, -0.15) is 0 Å². The number of hydrogen-bond donors (Lipinski definition) is 0. The molecule has 0 unspecified atom stereocenters.